The number of hydrogen-bond acceptors (Lipinski definition) is 2. The van der Waals surface area contributed by atoms with Gasteiger partial charge in [0.05, 0.1) is 11.3 Å². The summed E-state index contributed by atoms with van der Waals surface area (Å²) in [4.78, 5) is 25.5. The van der Waals surface area contributed by atoms with Crippen molar-refractivity contribution in [3.8, 4) is 0 Å². The van der Waals surface area contributed by atoms with Gasteiger partial charge in [-0.15, -0.1) is 11.6 Å². The zero-order chi connectivity index (χ0) is 14.0. The largest absolute Gasteiger partial charge is 0.304 e. The summed E-state index contributed by atoms with van der Waals surface area (Å²) < 4.78 is 0.786. The first-order chi connectivity index (χ1) is 9.06. The number of para-hydroxylation sites is 1. The van der Waals surface area contributed by atoms with Crippen molar-refractivity contribution in [2.24, 2.45) is 5.92 Å². The second-order valence-electron chi connectivity index (χ2n) is 4.79. The Morgan fingerprint density at radius 3 is 2.74 bits per heavy atom. The van der Waals surface area contributed by atoms with E-state index in [2.05, 4.69) is 22.9 Å². The number of halogens is 2. The average molecular weight is 345 g/mol. The van der Waals surface area contributed by atoms with Crippen molar-refractivity contribution in [3.63, 3.8) is 0 Å². The maximum atomic E-state index is 12.0. The van der Waals surface area contributed by atoms with Crippen LogP contribution in [0.4, 0.5) is 5.69 Å². The highest BCUT2D eigenvalue weighted by molar-refractivity contribution is 9.10. The van der Waals surface area contributed by atoms with Crippen LogP contribution in [-0.4, -0.2) is 24.1 Å². The van der Waals surface area contributed by atoms with Crippen LogP contribution in [0.25, 0.3) is 0 Å². The predicted octanol–water partition coefficient (Wildman–Crippen LogP) is 3.63. The number of carbonyl (C=O) groups is 2. The van der Waals surface area contributed by atoms with Crippen molar-refractivity contribution < 1.29 is 9.59 Å². The fourth-order valence-corrected chi connectivity index (χ4v) is 3.16. The first-order valence-electron chi connectivity index (χ1n) is 6.27. The van der Waals surface area contributed by atoms with Crippen molar-refractivity contribution in [2.45, 2.75) is 19.8 Å². The number of amides is 1. The monoisotopic (exact) mass is 343 g/mol. The van der Waals surface area contributed by atoms with Gasteiger partial charge in [-0.05, 0) is 46.8 Å². The molecule has 0 fully saturated rings. The van der Waals surface area contributed by atoms with E-state index in [9.17, 15) is 9.59 Å². The van der Waals surface area contributed by atoms with Crippen LogP contribution in [0, 0.1) is 5.92 Å². The summed E-state index contributed by atoms with van der Waals surface area (Å²) >= 11 is 9.12. The standard InChI is InChI=1S/C14H15BrClNO2/c1-9(5-7-16)6-8-17-12-10(13(18)14(17)19)3-2-4-11(12)15/h2-4,9H,5-8H2,1H3. The van der Waals surface area contributed by atoms with Crippen molar-refractivity contribution in [2.75, 3.05) is 17.3 Å². The van der Waals surface area contributed by atoms with Crippen LogP contribution in [0.1, 0.15) is 30.1 Å². The molecule has 0 N–H and O–H groups in total. The van der Waals surface area contributed by atoms with Gasteiger partial charge in [0.25, 0.3) is 11.7 Å². The molecule has 1 aromatic carbocycles. The maximum Gasteiger partial charge on any atom is 0.299 e. The van der Waals surface area contributed by atoms with Crippen LogP contribution in [0.5, 0.6) is 0 Å². The van der Waals surface area contributed by atoms with E-state index in [1.807, 2.05) is 6.07 Å². The van der Waals surface area contributed by atoms with E-state index in [4.69, 9.17) is 11.6 Å². The Morgan fingerprint density at radius 2 is 2.05 bits per heavy atom. The van der Waals surface area contributed by atoms with Gasteiger partial charge >= 0.3 is 0 Å². The summed E-state index contributed by atoms with van der Waals surface area (Å²) in [5.41, 5.74) is 1.19. The van der Waals surface area contributed by atoms with E-state index < -0.39 is 11.7 Å². The topological polar surface area (TPSA) is 37.4 Å². The second-order valence-corrected chi connectivity index (χ2v) is 6.03. The first-order valence-corrected chi connectivity index (χ1v) is 7.59. The zero-order valence-corrected chi connectivity index (χ0v) is 13.0. The van der Waals surface area contributed by atoms with Crippen LogP contribution in [0.3, 0.4) is 0 Å². The van der Waals surface area contributed by atoms with Gasteiger partial charge in [0.15, 0.2) is 0 Å². The number of nitrogens with zero attached hydrogens (tertiary/aromatic N) is 1. The number of rotatable bonds is 5. The fourth-order valence-electron chi connectivity index (χ4n) is 2.21. The molecule has 0 spiro atoms. The lowest BCUT2D eigenvalue weighted by molar-refractivity contribution is -0.114. The fraction of sp³-hybridized carbons (Fsp3) is 0.429. The van der Waals surface area contributed by atoms with Gasteiger partial charge in [-0.2, -0.15) is 0 Å². The molecule has 0 saturated carbocycles. The minimum atomic E-state index is -0.431. The highest BCUT2D eigenvalue weighted by Gasteiger charge is 2.36. The predicted molar refractivity (Wildman–Crippen MR) is 79.9 cm³/mol. The number of benzene rings is 1. The Balaban J connectivity index is 2.19. The van der Waals surface area contributed by atoms with Gasteiger partial charge < -0.3 is 4.90 Å². The van der Waals surface area contributed by atoms with Crippen molar-refractivity contribution in [1.82, 2.24) is 0 Å². The molecular weight excluding hydrogens is 330 g/mol. The first kappa shape index (κ1) is 14.5. The number of carbonyl (C=O) groups excluding carboxylic acids is 2. The highest BCUT2D eigenvalue weighted by Crippen LogP contribution is 2.36. The summed E-state index contributed by atoms with van der Waals surface area (Å²) in [5, 5.41) is 0. The minimum absolute atomic E-state index is 0.415. The molecule has 0 aliphatic carbocycles. The lowest BCUT2D eigenvalue weighted by atomic mass is 10.1. The van der Waals surface area contributed by atoms with E-state index >= 15 is 0 Å². The van der Waals surface area contributed by atoms with Gasteiger partial charge in [-0.3, -0.25) is 9.59 Å². The molecule has 1 aliphatic heterocycles. The van der Waals surface area contributed by atoms with Gasteiger partial charge in [-0.1, -0.05) is 13.0 Å². The lowest BCUT2D eigenvalue weighted by Gasteiger charge is -2.19. The zero-order valence-electron chi connectivity index (χ0n) is 10.7. The van der Waals surface area contributed by atoms with Crippen LogP contribution in [0.2, 0.25) is 0 Å². The molecule has 5 heteroatoms. The van der Waals surface area contributed by atoms with E-state index in [0.717, 1.165) is 17.3 Å². The second kappa shape index (κ2) is 6.06. The lowest BCUT2D eigenvalue weighted by Crippen LogP contribution is -2.31. The molecule has 1 atom stereocenters. The van der Waals surface area contributed by atoms with Crippen LogP contribution < -0.4 is 4.90 Å². The molecule has 1 unspecified atom stereocenters. The van der Waals surface area contributed by atoms with Gasteiger partial charge in [0.1, 0.15) is 0 Å². The summed E-state index contributed by atoms with van der Waals surface area (Å²) in [6.07, 6.45) is 1.76. The smallest absolute Gasteiger partial charge is 0.299 e. The quantitative estimate of drug-likeness (QED) is 0.604. The molecule has 0 bridgehead atoms. The van der Waals surface area contributed by atoms with E-state index in [-0.39, 0.29) is 0 Å². The molecule has 0 radical (unpaired) electrons. The molecule has 1 amide bonds. The number of Topliss-reactive ketones (excluding diaryl/α,β-unsaturated/α-hetero) is 1. The molecular formula is C14H15BrClNO2. The Morgan fingerprint density at radius 1 is 1.32 bits per heavy atom. The normalized spacial score (nSPS) is 15.8. The summed E-state index contributed by atoms with van der Waals surface area (Å²) in [6, 6.07) is 5.32. The molecule has 0 aromatic heterocycles. The number of fused-ring (bicyclic) bond motifs is 1. The molecule has 102 valence electrons. The number of anilines is 1. The van der Waals surface area contributed by atoms with Gasteiger partial charge in [-0.25, -0.2) is 0 Å². The molecule has 1 heterocycles. The molecule has 3 nitrogen and oxygen atoms in total. The molecule has 1 aliphatic rings. The third-order valence-corrected chi connectivity index (χ3v) is 4.25. The van der Waals surface area contributed by atoms with Crippen LogP contribution >= 0.6 is 27.5 Å². The minimum Gasteiger partial charge on any atom is -0.304 e. The Labute approximate surface area is 126 Å². The third-order valence-electron chi connectivity index (χ3n) is 3.39. The van der Waals surface area contributed by atoms with E-state index in [1.165, 1.54) is 0 Å². The van der Waals surface area contributed by atoms with Crippen molar-refractivity contribution in [1.29, 1.82) is 0 Å². The third kappa shape index (κ3) is 2.84. The van der Waals surface area contributed by atoms with Gasteiger partial charge in [0, 0.05) is 16.9 Å². The molecule has 1 aromatic rings. The number of ketones is 1. The number of hydrogen-bond donors (Lipinski definition) is 0. The molecule has 0 saturated heterocycles. The van der Waals surface area contributed by atoms with Gasteiger partial charge in [0.2, 0.25) is 0 Å². The Kier molecular flexibility index (Phi) is 4.63. The van der Waals surface area contributed by atoms with Crippen molar-refractivity contribution >= 4 is 44.9 Å². The maximum absolute atomic E-state index is 12.0. The molecule has 2 rings (SSSR count). The SMILES string of the molecule is CC(CCCl)CCN1C(=O)C(=O)c2cccc(Br)c21. The Hall–Kier alpha value is -0.870. The number of alkyl halides is 1. The van der Waals surface area contributed by atoms with Crippen LogP contribution in [-0.2, 0) is 4.79 Å². The summed E-state index contributed by atoms with van der Waals surface area (Å²) in [6.45, 7) is 2.66. The summed E-state index contributed by atoms with van der Waals surface area (Å²) in [5.74, 6) is 0.210. The van der Waals surface area contributed by atoms with Crippen LogP contribution in [0.15, 0.2) is 22.7 Å². The molecule has 19 heavy (non-hydrogen) atoms. The van der Waals surface area contributed by atoms with E-state index in [0.29, 0.717) is 29.6 Å². The van der Waals surface area contributed by atoms with Crippen molar-refractivity contribution in [3.05, 3.63) is 28.2 Å². The summed E-state index contributed by atoms with van der Waals surface area (Å²) in [7, 11) is 0. The van der Waals surface area contributed by atoms with E-state index in [1.54, 1.807) is 17.0 Å². The Bertz CT molecular complexity index is 518. The highest BCUT2D eigenvalue weighted by atomic mass is 79.9. The average Bonchev–Trinajstić information content (AvgIpc) is 2.62.